The molecule has 0 unspecified atom stereocenters. The second-order valence-corrected chi connectivity index (χ2v) is 5.72. The predicted molar refractivity (Wildman–Crippen MR) is 100 cm³/mol. The lowest BCUT2D eigenvalue weighted by Gasteiger charge is -2.06. The van der Waals surface area contributed by atoms with Crippen molar-refractivity contribution in [3.8, 4) is 5.75 Å². The SMILES string of the molecule is CCCn1c(N/N=C/c2ccc(OC)cc2)nc2c1c(=O)[nH]c(=O)n2C. The van der Waals surface area contributed by atoms with Crippen LogP contribution in [0, 0.1) is 0 Å². The maximum absolute atomic E-state index is 12.2. The van der Waals surface area contributed by atoms with E-state index < -0.39 is 11.2 Å². The number of hydrogen-bond acceptors (Lipinski definition) is 6. The zero-order valence-corrected chi connectivity index (χ0v) is 14.8. The van der Waals surface area contributed by atoms with Crippen molar-refractivity contribution >= 4 is 23.3 Å². The van der Waals surface area contributed by atoms with Crippen LogP contribution in [0.3, 0.4) is 0 Å². The molecule has 26 heavy (non-hydrogen) atoms. The number of nitrogens with zero attached hydrogens (tertiary/aromatic N) is 4. The maximum Gasteiger partial charge on any atom is 0.329 e. The molecule has 9 nitrogen and oxygen atoms in total. The summed E-state index contributed by atoms with van der Waals surface area (Å²) in [6, 6.07) is 7.41. The van der Waals surface area contributed by atoms with Crippen LogP contribution in [-0.4, -0.2) is 32.4 Å². The number of hydrazone groups is 1. The molecule has 0 atom stereocenters. The molecule has 2 aromatic heterocycles. The quantitative estimate of drug-likeness (QED) is 0.511. The third kappa shape index (κ3) is 3.23. The highest BCUT2D eigenvalue weighted by Gasteiger charge is 2.16. The monoisotopic (exact) mass is 356 g/mol. The molecule has 0 bridgehead atoms. The third-order valence-corrected chi connectivity index (χ3v) is 3.95. The van der Waals surface area contributed by atoms with E-state index in [2.05, 4.69) is 20.5 Å². The first kappa shape index (κ1) is 17.5. The van der Waals surface area contributed by atoms with Gasteiger partial charge in [-0.2, -0.15) is 10.1 Å². The first-order valence-electron chi connectivity index (χ1n) is 8.17. The molecular weight excluding hydrogens is 336 g/mol. The first-order chi connectivity index (χ1) is 12.5. The van der Waals surface area contributed by atoms with Crippen LogP contribution >= 0.6 is 0 Å². The van der Waals surface area contributed by atoms with E-state index in [0.29, 0.717) is 23.7 Å². The van der Waals surface area contributed by atoms with E-state index in [1.165, 1.54) is 4.57 Å². The van der Waals surface area contributed by atoms with Crippen LogP contribution in [0.15, 0.2) is 39.0 Å². The molecule has 0 aliphatic heterocycles. The van der Waals surface area contributed by atoms with Gasteiger partial charge in [0.1, 0.15) is 5.75 Å². The summed E-state index contributed by atoms with van der Waals surface area (Å²) in [5.41, 5.74) is 3.43. The fraction of sp³-hybridized carbons (Fsp3) is 0.294. The van der Waals surface area contributed by atoms with Crippen LogP contribution in [0.4, 0.5) is 5.95 Å². The van der Waals surface area contributed by atoms with E-state index in [4.69, 9.17) is 4.74 Å². The highest BCUT2D eigenvalue weighted by Crippen LogP contribution is 2.16. The number of aromatic nitrogens is 4. The number of benzene rings is 1. The number of aryl methyl sites for hydroxylation is 2. The third-order valence-electron chi connectivity index (χ3n) is 3.95. The number of hydrogen-bond donors (Lipinski definition) is 2. The molecule has 0 saturated heterocycles. The fourth-order valence-electron chi connectivity index (χ4n) is 2.62. The van der Waals surface area contributed by atoms with E-state index in [1.54, 1.807) is 24.9 Å². The minimum absolute atomic E-state index is 0.314. The molecule has 9 heteroatoms. The average molecular weight is 356 g/mol. The molecule has 2 N–H and O–H groups in total. The molecule has 136 valence electrons. The summed E-state index contributed by atoms with van der Waals surface area (Å²) in [7, 11) is 3.17. The Morgan fingerprint density at radius 2 is 2.04 bits per heavy atom. The van der Waals surface area contributed by atoms with E-state index in [1.807, 2.05) is 31.2 Å². The molecule has 0 amide bonds. The number of H-pyrrole nitrogens is 1. The highest BCUT2D eigenvalue weighted by molar-refractivity contribution is 5.80. The minimum atomic E-state index is -0.503. The van der Waals surface area contributed by atoms with Crippen LogP contribution in [0.5, 0.6) is 5.75 Å². The van der Waals surface area contributed by atoms with E-state index in [-0.39, 0.29) is 0 Å². The number of nitrogens with one attached hydrogen (secondary N) is 2. The number of rotatable bonds is 6. The van der Waals surface area contributed by atoms with Gasteiger partial charge in [0.15, 0.2) is 11.2 Å². The van der Waals surface area contributed by atoms with Gasteiger partial charge in [-0.05, 0) is 36.2 Å². The Morgan fingerprint density at radius 3 is 2.69 bits per heavy atom. The van der Waals surface area contributed by atoms with Crippen molar-refractivity contribution in [2.24, 2.45) is 12.1 Å². The van der Waals surface area contributed by atoms with Crippen LogP contribution in [-0.2, 0) is 13.6 Å². The van der Waals surface area contributed by atoms with Crippen molar-refractivity contribution in [3.63, 3.8) is 0 Å². The van der Waals surface area contributed by atoms with Crippen molar-refractivity contribution in [3.05, 3.63) is 50.7 Å². The number of imidazole rings is 1. The molecule has 0 spiro atoms. The van der Waals surface area contributed by atoms with Gasteiger partial charge < -0.3 is 9.30 Å². The predicted octanol–water partition coefficient (Wildman–Crippen LogP) is 1.29. The number of aromatic amines is 1. The van der Waals surface area contributed by atoms with Crippen LogP contribution in [0.1, 0.15) is 18.9 Å². The Labute approximate surface area is 148 Å². The number of ether oxygens (including phenoxy) is 1. The molecule has 0 aliphatic rings. The molecule has 0 aliphatic carbocycles. The normalized spacial score (nSPS) is 11.3. The van der Waals surface area contributed by atoms with Gasteiger partial charge in [0.05, 0.1) is 13.3 Å². The highest BCUT2D eigenvalue weighted by atomic mass is 16.5. The van der Waals surface area contributed by atoms with Crippen molar-refractivity contribution in [1.29, 1.82) is 0 Å². The molecule has 0 saturated carbocycles. The van der Waals surface area contributed by atoms with Gasteiger partial charge in [-0.25, -0.2) is 10.2 Å². The molecule has 1 aromatic carbocycles. The van der Waals surface area contributed by atoms with Crippen molar-refractivity contribution in [2.45, 2.75) is 19.9 Å². The topological polar surface area (TPSA) is 106 Å². The zero-order valence-electron chi connectivity index (χ0n) is 14.8. The van der Waals surface area contributed by atoms with E-state index >= 15 is 0 Å². The smallest absolute Gasteiger partial charge is 0.329 e. The minimum Gasteiger partial charge on any atom is -0.497 e. The Kier molecular flexibility index (Phi) is 4.87. The fourth-order valence-corrected chi connectivity index (χ4v) is 2.62. The van der Waals surface area contributed by atoms with E-state index in [0.717, 1.165) is 17.7 Å². The Morgan fingerprint density at radius 1 is 1.31 bits per heavy atom. The standard InChI is InChI=1S/C17H20N6O3/c1-4-9-23-13-14(22(2)17(25)20-15(13)24)19-16(23)21-18-10-11-5-7-12(26-3)8-6-11/h5-8,10H,4,9H2,1-3H3,(H,19,21)(H,20,24,25)/b18-10+. The molecule has 0 radical (unpaired) electrons. The molecule has 0 fully saturated rings. The molecule has 3 rings (SSSR count). The zero-order chi connectivity index (χ0) is 18.7. The lowest BCUT2D eigenvalue weighted by atomic mass is 10.2. The van der Waals surface area contributed by atoms with Gasteiger partial charge in [0.25, 0.3) is 5.56 Å². The summed E-state index contributed by atoms with van der Waals surface area (Å²) in [6.45, 7) is 2.56. The van der Waals surface area contributed by atoms with Crippen molar-refractivity contribution in [1.82, 2.24) is 19.1 Å². The van der Waals surface area contributed by atoms with E-state index in [9.17, 15) is 9.59 Å². The van der Waals surface area contributed by atoms with Crippen LogP contribution in [0.25, 0.3) is 11.2 Å². The van der Waals surface area contributed by atoms with Gasteiger partial charge in [0, 0.05) is 13.6 Å². The summed E-state index contributed by atoms with van der Waals surface area (Å²) >= 11 is 0. The first-order valence-corrected chi connectivity index (χ1v) is 8.17. The summed E-state index contributed by atoms with van der Waals surface area (Å²) in [6.07, 6.45) is 2.43. The van der Waals surface area contributed by atoms with Gasteiger partial charge in [-0.3, -0.25) is 14.3 Å². The summed E-state index contributed by atoms with van der Waals surface area (Å²) in [4.78, 5) is 30.7. The van der Waals surface area contributed by atoms with Crippen LogP contribution < -0.4 is 21.4 Å². The Hall–Kier alpha value is -3.36. The molecule has 2 heterocycles. The maximum atomic E-state index is 12.2. The van der Waals surface area contributed by atoms with Gasteiger partial charge in [0.2, 0.25) is 5.95 Å². The largest absolute Gasteiger partial charge is 0.497 e. The summed E-state index contributed by atoms with van der Waals surface area (Å²) in [5, 5.41) is 4.19. The summed E-state index contributed by atoms with van der Waals surface area (Å²) < 4.78 is 8.15. The second kappa shape index (κ2) is 7.26. The van der Waals surface area contributed by atoms with Crippen molar-refractivity contribution in [2.75, 3.05) is 12.5 Å². The van der Waals surface area contributed by atoms with Crippen molar-refractivity contribution < 1.29 is 4.74 Å². The van der Waals surface area contributed by atoms with Gasteiger partial charge >= 0.3 is 5.69 Å². The summed E-state index contributed by atoms with van der Waals surface area (Å²) in [5.74, 6) is 1.17. The molecular formula is C17H20N6O3. The number of methoxy groups -OCH3 is 1. The van der Waals surface area contributed by atoms with Gasteiger partial charge in [-0.15, -0.1) is 0 Å². The van der Waals surface area contributed by atoms with Crippen LogP contribution in [0.2, 0.25) is 0 Å². The Bertz CT molecular complexity index is 1060. The average Bonchev–Trinajstić information content (AvgIpc) is 3.00. The lowest BCUT2D eigenvalue weighted by molar-refractivity contribution is 0.415. The van der Waals surface area contributed by atoms with Gasteiger partial charge in [-0.1, -0.05) is 6.92 Å². The second-order valence-electron chi connectivity index (χ2n) is 5.72. The number of anilines is 1. The molecule has 3 aromatic rings. The Balaban J connectivity index is 1.96. The number of fused-ring (bicyclic) bond motifs is 1. The lowest BCUT2D eigenvalue weighted by Crippen LogP contribution is -2.29.